The predicted octanol–water partition coefficient (Wildman–Crippen LogP) is 8.66. The van der Waals surface area contributed by atoms with Crippen molar-refractivity contribution >= 4 is 0 Å². The van der Waals surface area contributed by atoms with Crippen LogP contribution < -0.4 is 0 Å². The normalized spacial score (nSPS) is 46.5. The highest BCUT2D eigenvalue weighted by Gasteiger charge is 2.58. The minimum Gasteiger partial charge on any atom is -0.0845 e. The molecule has 0 spiro atoms. The van der Waals surface area contributed by atoms with Gasteiger partial charge in [0.15, 0.2) is 0 Å². The molecule has 0 nitrogen and oxygen atoms in total. The number of hydrogen-bond acceptors (Lipinski definition) is 0. The van der Waals surface area contributed by atoms with Gasteiger partial charge in [0.2, 0.25) is 0 Å². The molecule has 0 saturated heterocycles. The summed E-state index contributed by atoms with van der Waals surface area (Å²) in [5.74, 6) is 6.73. The topological polar surface area (TPSA) is 0 Å². The average molecular weight is 385 g/mol. The first-order chi connectivity index (χ1) is 13.3. The maximum atomic E-state index is 2.75. The average Bonchev–Trinajstić information content (AvgIpc) is 2.99. The molecule has 0 amide bonds. The van der Waals surface area contributed by atoms with Gasteiger partial charge in [0.05, 0.1) is 0 Å². The van der Waals surface area contributed by atoms with Crippen LogP contribution in [0.4, 0.5) is 0 Å². The van der Waals surface area contributed by atoms with Gasteiger partial charge >= 0.3 is 0 Å². The molecular formula is C28H48. The minimum atomic E-state index is 0.553. The highest BCUT2D eigenvalue weighted by Crippen LogP contribution is 2.67. The van der Waals surface area contributed by atoms with Crippen molar-refractivity contribution in [3.05, 3.63) is 11.6 Å². The number of allylic oxidation sites excluding steroid dienone is 2. The third-order valence-corrected chi connectivity index (χ3v) is 10.6. The molecular weight excluding hydrogens is 336 g/mol. The van der Waals surface area contributed by atoms with Gasteiger partial charge in [-0.1, -0.05) is 72.5 Å². The van der Waals surface area contributed by atoms with Gasteiger partial charge in [-0.25, -0.2) is 0 Å². The van der Waals surface area contributed by atoms with Crippen molar-refractivity contribution in [3.63, 3.8) is 0 Å². The van der Waals surface area contributed by atoms with E-state index in [1.54, 1.807) is 0 Å². The van der Waals surface area contributed by atoms with Crippen LogP contribution in [-0.2, 0) is 0 Å². The molecule has 28 heavy (non-hydrogen) atoms. The standard InChI is InChI=1S/C28H48/c1-19(2)8-7-9-21(4)24-12-13-25-23-11-10-22-18-20(3)14-16-27(22,5)26(23)15-17-28(24,25)6/h10,19-21,23-26H,7-9,11-18H2,1-6H3/t20?,21-,23+,24-,25+,26?,27+,28-/m1/s1. The Kier molecular flexibility index (Phi) is 5.83. The van der Waals surface area contributed by atoms with E-state index < -0.39 is 0 Å². The van der Waals surface area contributed by atoms with Crippen LogP contribution in [-0.4, -0.2) is 0 Å². The zero-order valence-electron chi connectivity index (χ0n) is 19.9. The summed E-state index contributed by atoms with van der Waals surface area (Å²) in [4.78, 5) is 0. The first-order valence-corrected chi connectivity index (χ1v) is 12.9. The Labute approximate surface area is 176 Å². The molecule has 0 aromatic carbocycles. The Bertz CT molecular complexity index is 585. The quantitative estimate of drug-likeness (QED) is 0.416. The Morgan fingerprint density at radius 2 is 1.75 bits per heavy atom. The smallest absolute Gasteiger partial charge is 0.00851 e. The van der Waals surface area contributed by atoms with Gasteiger partial charge in [-0.2, -0.15) is 0 Å². The summed E-state index contributed by atoms with van der Waals surface area (Å²) in [6.07, 6.45) is 19.0. The van der Waals surface area contributed by atoms with Crippen LogP contribution in [0, 0.1) is 52.3 Å². The summed E-state index contributed by atoms with van der Waals surface area (Å²) in [5, 5.41) is 0. The van der Waals surface area contributed by atoms with Gasteiger partial charge in [0.25, 0.3) is 0 Å². The second-order valence-electron chi connectivity index (χ2n) is 12.6. The Morgan fingerprint density at radius 1 is 0.964 bits per heavy atom. The van der Waals surface area contributed by atoms with Gasteiger partial charge in [0.1, 0.15) is 0 Å². The summed E-state index contributed by atoms with van der Waals surface area (Å²) < 4.78 is 0. The van der Waals surface area contributed by atoms with E-state index >= 15 is 0 Å². The van der Waals surface area contributed by atoms with E-state index in [9.17, 15) is 0 Å². The van der Waals surface area contributed by atoms with E-state index in [0.29, 0.717) is 10.8 Å². The van der Waals surface area contributed by atoms with E-state index in [1.165, 1.54) is 70.6 Å². The molecule has 0 aromatic heterocycles. The number of rotatable bonds is 5. The maximum absolute atomic E-state index is 2.75. The lowest BCUT2D eigenvalue weighted by atomic mass is 9.46. The van der Waals surface area contributed by atoms with E-state index in [0.717, 1.165) is 41.4 Å². The van der Waals surface area contributed by atoms with Crippen molar-refractivity contribution in [1.29, 1.82) is 0 Å². The van der Waals surface area contributed by atoms with Crippen LogP contribution in [0.2, 0.25) is 0 Å². The number of hydrogen-bond donors (Lipinski definition) is 0. The zero-order chi connectivity index (χ0) is 20.1. The molecule has 0 aliphatic heterocycles. The van der Waals surface area contributed by atoms with Gasteiger partial charge in [0, 0.05) is 0 Å². The van der Waals surface area contributed by atoms with Crippen LogP contribution in [0.5, 0.6) is 0 Å². The molecule has 160 valence electrons. The third-order valence-electron chi connectivity index (χ3n) is 10.6. The van der Waals surface area contributed by atoms with E-state index in [-0.39, 0.29) is 0 Å². The third kappa shape index (κ3) is 3.43. The predicted molar refractivity (Wildman–Crippen MR) is 122 cm³/mol. The Hall–Kier alpha value is -0.260. The molecule has 4 aliphatic rings. The van der Waals surface area contributed by atoms with Crippen molar-refractivity contribution in [2.75, 3.05) is 0 Å². The molecule has 0 bridgehead atoms. The molecule has 0 radical (unpaired) electrons. The first-order valence-electron chi connectivity index (χ1n) is 12.9. The molecule has 3 saturated carbocycles. The summed E-state index contributed by atoms with van der Waals surface area (Å²) >= 11 is 0. The molecule has 8 atom stereocenters. The van der Waals surface area contributed by atoms with Crippen molar-refractivity contribution in [1.82, 2.24) is 0 Å². The van der Waals surface area contributed by atoms with Crippen LogP contribution in [0.15, 0.2) is 11.6 Å². The molecule has 0 heteroatoms. The second kappa shape index (κ2) is 7.77. The highest BCUT2D eigenvalue weighted by atomic mass is 14.6. The molecule has 3 fully saturated rings. The van der Waals surface area contributed by atoms with Crippen LogP contribution in [0.25, 0.3) is 0 Å². The van der Waals surface area contributed by atoms with Gasteiger partial charge in [-0.05, 0) is 104 Å². The summed E-state index contributed by atoms with van der Waals surface area (Å²) in [6.45, 7) is 15.3. The van der Waals surface area contributed by atoms with Crippen molar-refractivity contribution in [3.8, 4) is 0 Å². The second-order valence-corrected chi connectivity index (χ2v) is 12.6. The molecule has 0 N–H and O–H groups in total. The monoisotopic (exact) mass is 384 g/mol. The van der Waals surface area contributed by atoms with Gasteiger partial charge in [-0.3, -0.25) is 0 Å². The summed E-state index contributed by atoms with van der Waals surface area (Å²) in [6, 6.07) is 0. The fourth-order valence-electron chi connectivity index (χ4n) is 8.87. The summed E-state index contributed by atoms with van der Waals surface area (Å²) in [7, 11) is 0. The zero-order valence-corrected chi connectivity index (χ0v) is 19.9. The number of fused-ring (bicyclic) bond motifs is 5. The van der Waals surface area contributed by atoms with Crippen LogP contribution >= 0.6 is 0 Å². The van der Waals surface area contributed by atoms with Crippen molar-refractivity contribution < 1.29 is 0 Å². The molecule has 4 aliphatic carbocycles. The summed E-state index contributed by atoms with van der Waals surface area (Å²) in [5.41, 5.74) is 3.06. The molecule has 0 heterocycles. The van der Waals surface area contributed by atoms with Gasteiger partial charge < -0.3 is 0 Å². The maximum Gasteiger partial charge on any atom is -0.00851 e. The highest BCUT2D eigenvalue weighted by molar-refractivity contribution is 5.25. The van der Waals surface area contributed by atoms with E-state index in [2.05, 4.69) is 47.6 Å². The largest absolute Gasteiger partial charge is 0.0845 e. The van der Waals surface area contributed by atoms with Crippen molar-refractivity contribution in [2.45, 2.75) is 112 Å². The SMILES string of the molecule is CC(C)CCC[C@@H](C)[C@H]1CC[C@H]2[C@@H]3CC=C4CC(C)CC[C@]4(C)C3CC[C@]12C. The lowest BCUT2D eigenvalue weighted by Crippen LogP contribution is -2.50. The first kappa shape index (κ1) is 21.0. The fraction of sp³-hybridized carbons (Fsp3) is 0.929. The lowest BCUT2D eigenvalue weighted by Gasteiger charge is -2.58. The van der Waals surface area contributed by atoms with Crippen LogP contribution in [0.1, 0.15) is 112 Å². The Morgan fingerprint density at radius 3 is 2.50 bits per heavy atom. The Balaban J connectivity index is 1.49. The molecule has 4 rings (SSSR count). The fourth-order valence-corrected chi connectivity index (χ4v) is 8.87. The van der Waals surface area contributed by atoms with Gasteiger partial charge in [-0.15, -0.1) is 0 Å². The van der Waals surface area contributed by atoms with E-state index in [1.807, 2.05) is 5.57 Å². The van der Waals surface area contributed by atoms with Crippen LogP contribution in [0.3, 0.4) is 0 Å². The minimum absolute atomic E-state index is 0.553. The van der Waals surface area contributed by atoms with E-state index in [4.69, 9.17) is 0 Å². The molecule has 2 unspecified atom stereocenters. The van der Waals surface area contributed by atoms with Crippen molar-refractivity contribution in [2.24, 2.45) is 52.3 Å². The lowest BCUT2D eigenvalue weighted by molar-refractivity contribution is -0.0523. The molecule has 0 aromatic rings.